The summed E-state index contributed by atoms with van der Waals surface area (Å²) in [6.45, 7) is 0. The maximum atomic E-state index is 13.4. The fraction of sp³-hybridized carbons (Fsp3) is 0. The van der Waals surface area contributed by atoms with Crippen molar-refractivity contribution in [1.29, 1.82) is 0 Å². The van der Waals surface area contributed by atoms with Crippen molar-refractivity contribution >= 4 is 17.3 Å². The van der Waals surface area contributed by atoms with Crippen molar-refractivity contribution in [1.82, 2.24) is 4.98 Å². The van der Waals surface area contributed by atoms with Crippen LogP contribution in [0.4, 0.5) is 10.1 Å². The van der Waals surface area contributed by atoms with Crippen LogP contribution in [0.25, 0.3) is 11.1 Å². The lowest BCUT2D eigenvalue weighted by atomic mass is 10.1. The van der Waals surface area contributed by atoms with Gasteiger partial charge in [0.25, 0.3) is 0 Å². The quantitative estimate of drug-likeness (QED) is 0.753. The molecule has 0 fully saturated rings. The first-order valence-corrected chi connectivity index (χ1v) is 4.72. The van der Waals surface area contributed by atoms with Crippen LogP contribution in [0.15, 0.2) is 36.5 Å². The van der Waals surface area contributed by atoms with Gasteiger partial charge in [0.1, 0.15) is 5.82 Å². The second-order valence-electron chi connectivity index (χ2n) is 3.08. The van der Waals surface area contributed by atoms with Crippen molar-refractivity contribution < 1.29 is 4.39 Å². The van der Waals surface area contributed by atoms with Crippen LogP contribution in [0.3, 0.4) is 0 Å². The summed E-state index contributed by atoms with van der Waals surface area (Å²) in [6.07, 6.45) is 1.50. The third-order valence-electron chi connectivity index (χ3n) is 2.05. The Kier molecular flexibility index (Phi) is 2.56. The van der Waals surface area contributed by atoms with E-state index in [-0.39, 0.29) is 11.0 Å². The van der Waals surface area contributed by atoms with E-state index >= 15 is 0 Å². The van der Waals surface area contributed by atoms with Gasteiger partial charge in [-0.05, 0) is 12.1 Å². The maximum Gasteiger partial charge on any atom is 0.151 e. The SMILES string of the molecule is Nc1cc(-c2ccccc2F)cnc1Cl. The number of nitrogen functional groups attached to an aromatic ring is 1. The molecule has 0 atom stereocenters. The van der Waals surface area contributed by atoms with Crippen LogP contribution in [0, 0.1) is 5.82 Å². The first-order valence-electron chi connectivity index (χ1n) is 4.34. The van der Waals surface area contributed by atoms with Gasteiger partial charge in [-0.2, -0.15) is 0 Å². The summed E-state index contributed by atoms with van der Waals surface area (Å²) in [5.74, 6) is -0.305. The van der Waals surface area contributed by atoms with Crippen LogP contribution in [-0.2, 0) is 0 Å². The summed E-state index contributed by atoms with van der Waals surface area (Å²) >= 11 is 5.68. The van der Waals surface area contributed by atoms with Crippen molar-refractivity contribution in [2.75, 3.05) is 5.73 Å². The highest BCUT2D eigenvalue weighted by Crippen LogP contribution is 2.26. The van der Waals surface area contributed by atoms with Gasteiger partial charge in [-0.1, -0.05) is 29.8 Å². The Morgan fingerprint density at radius 1 is 1.27 bits per heavy atom. The number of nitrogens with two attached hydrogens (primary N) is 1. The van der Waals surface area contributed by atoms with Gasteiger partial charge >= 0.3 is 0 Å². The molecule has 1 aromatic heterocycles. The number of halogens is 2. The van der Waals surface area contributed by atoms with E-state index in [1.807, 2.05) is 0 Å². The van der Waals surface area contributed by atoms with E-state index in [1.165, 1.54) is 12.3 Å². The lowest BCUT2D eigenvalue weighted by Crippen LogP contribution is -1.91. The van der Waals surface area contributed by atoms with Crippen molar-refractivity contribution in [3.63, 3.8) is 0 Å². The number of hydrogen-bond acceptors (Lipinski definition) is 2. The average Bonchev–Trinajstić information content (AvgIpc) is 2.23. The Labute approximate surface area is 91.5 Å². The molecule has 1 aromatic carbocycles. The van der Waals surface area contributed by atoms with E-state index in [0.717, 1.165) is 0 Å². The summed E-state index contributed by atoms with van der Waals surface area (Å²) in [5.41, 5.74) is 7.02. The van der Waals surface area contributed by atoms with Gasteiger partial charge in [-0.25, -0.2) is 9.37 Å². The zero-order valence-corrected chi connectivity index (χ0v) is 8.50. The molecule has 0 bridgehead atoms. The molecule has 0 aliphatic heterocycles. The van der Waals surface area contributed by atoms with E-state index in [2.05, 4.69) is 4.98 Å². The number of nitrogens with zero attached hydrogens (tertiary/aromatic N) is 1. The molecule has 0 aliphatic rings. The van der Waals surface area contributed by atoms with Crippen LogP contribution < -0.4 is 5.73 Å². The molecule has 0 saturated heterocycles. The molecule has 0 unspecified atom stereocenters. The molecule has 0 radical (unpaired) electrons. The normalized spacial score (nSPS) is 10.3. The third-order valence-corrected chi connectivity index (χ3v) is 2.37. The second kappa shape index (κ2) is 3.87. The van der Waals surface area contributed by atoms with Gasteiger partial charge in [-0.3, -0.25) is 0 Å². The number of hydrogen-bond donors (Lipinski definition) is 1. The molecule has 0 aliphatic carbocycles. The molecular weight excluding hydrogens is 215 g/mol. The summed E-state index contributed by atoms with van der Waals surface area (Å²) in [5, 5.41) is 0.232. The van der Waals surface area contributed by atoms with Gasteiger partial charge in [0, 0.05) is 17.3 Å². The van der Waals surface area contributed by atoms with E-state index < -0.39 is 0 Å². The van der Waals surface area contributed by atoms with Gasteiger partial charge in [0.15, 0.2) is 5.15 Å². The predicted molar refractivity (Wildman–Crippen MR) is 59.1 cm³/mol. The van der Waals surface area contributed by atoms with Gasteiger partial charge in [-0.15, -0.1) is 0 Å². The van der Waals surface area contributed by atoms with Crippen LogP contribution >= 0.6 is 11.6 Å². The highest BCUT2D eigenvalue weighted by atomic mass is 35.5. The average molecular weight is 223 g/mol. The Morgan fingerprint density at radius 3 is 2.67 bits per heavy atom. The van der Waals surface area contributed by atoms with E-state index in [1.54, 1.807) is 24.3 Å². The Balaban J connectivity index is 2.55. The number of pyridine rings is 1. The Bertz CT molecular complexity index is 500. The molecule has 0 saturated carbocycles. The fourth-order valence-electron chi connectivity index (χ4n) is 1.31. The zero-order valence-electron chi connectivity index (χ0n) is 7.74. The summed E-state index contributed by atoms with van der Waals surface area (Å²) in [4.78, 5) is 3.87. The molecule has 2 nitrogen and oxygen atoms in total. The topological polar surface area (TPSA) is 38.9 Å². The minimum Gasteiger partial charge on any atom is -0.396 e. The number of benzene rings is 1. The smallest absolute Gasteiger partial charge is 0.151 e. The molecule has 2 rings (SSSR count). The lowest BCUT2D eigenvalue weighted by molar-refractivity contribution is 0.631. The fourth-order valence-corrected chi connectivity index (χ4v) is 1.41. The second-order valence-corrected chi connectivity index (χ2v) is 3.44. The summed E-state index contributed by atoms with van der Waals surface area (Å²) in [7, 11) is 0. The molecule has 76 valence electrons. The van der Waals surface area contributed by atoms with Crippen molar-refractivity contribution in [3.05, 3.63) is 47.5 Å². The van der Waals surface area contributed by atoms with Crippen molar-refractivity contribution in [2.45, 2.75) is 0 Å². The molecule has 15 heavy (non-hydrogen) atoms. The van der Waals surface area contributed by atoms with E-state index in [4.69, 9.17) is 17.3 Å². The molecule has 0 amide bonds. The Morgan fingerprint density at radius 2 is 2.00 bits per heavy atom. The molecule has 2 N–H and O–H groups in total. The predicted octanol–water partition coefficient (Wildman–Crippen LogP) is 3.12. The first-order chi connectivity index (χ1) is 7.18. The Hall–Kier alpha value is -1.61. The number of rotatable bonds is 1. The molecular formula is C11H8ClFN2. The third kappa shape index (κ3) is 1.92. The zero-order chi connectivity index (χ0) is 10.8. The van der Waals surface area contributed by atoms with Gasteiger partial charge in [0.05, 0.1) is 5.69 Å². The number of aromatic nitrogens is 1. The molecule has 1 heterocycles. The molecule has 2 aromatic rings. The van der Waals surface area contributed by atoms with E-state index in [9.17, 15) is 4.39 Å². The lowest BCUT2D eigenvalue weighted by Gasteiger charge is -2.04. The van der Waals surface area contributed by atoms with Gasteiger partial charge < -0.3 is 5.73 Å². The van der Waals surface area contributed by atoms with Crippen molar-refractivity contribution in [3.8, 4) is 11.1 Å². The standard InChI is InChI=1S/C11H8ClFN2/c12-11-10(14)5-7(6-15-11)8-3-1-2-4-9(8)13/h1-6H,14H2. The first kappa shape index (κ1) is 9.93. The highest BCUT2D eigenvalue weighted by Gasteiger charge is 2.06. The number of anilines is 1. The maximum absolute atomic E-state index is 13.4. The van der Waals surface area contributed by atoms with Crippen LogP contribution in [-0.4, -0.2) is 4.98 Å². The summed E-state index contributed by atoms with van der Waals surface area (Å²) < 4.78 is 13.4. The highest BCUT2D eigenvalue weighted by molar-refractivity contribution is 6.31. The molecule has 4 heteroatoms. The van der Waals surface area contributed by atoms with Crippen LogP contribution in [0.5, 0.6) is 0 Å². The molecule has 0 spiro atoms. The van der Waals surface area contributed by atoms with Gasteiger partial charge in [0.2, 0.25) is 0 Å². The van der Waals surface area contributed by atoms with Crippen LogP contribution in [0.1, 0.15) is 0 Å². The van der Waals surface area contributed by atoms with Crippen LogP contribution in [0.2, 0.25) is 5.15 Å². The minimum atomic E-state index is -0.305. The monoisotopic (exact) mass is 222 g/mol. The van der Waals surface area contributed by atoms with Crippen molar-refractivity contribution in [2.24, 2.45) is 0 Å². The summed E-state index contributed by atoms with van der Waals surface area (Å²) in [6, 6.07) is 8.04. The minimum absolute atomic E-state index is 0.232. The largest absolute Gasteiger partial charge is 0.396 e. The van der Waals surface area contributed by atoms with E-state index in [0.29, 0.717) is 16.8 Å².